The third kappa shape index (κ3) is 1.16. The number of halogens is 3. The quantitative estimate of drug-likeness (QED) is 0.493. The summed E-state index contributed by atoms with van der Waals surface area (Å²) in [6.07, 6.45) is -0.267. The Bertz CT molecular complexity index is 389. The first-order chi connectivity index (χ1) is 6.11. The van der Waals surface area contributed by atoms with Gasteiger partial charge in [0.1, 0.15) is 0 Å². The molecule has 0 aromatic heterocycles. The molecule has 13 heavy (non-hydrogen) atoms. The van der Waals surface area contributed by atoms with Crippen LogP contribution in [-0.4, -0.2) is 5.97 Å². The Morgan fingerprint density at radius 3 is 2.23 bits per heavy atom. The summed E-state index contributed by atoms with van der Waals surface area (Å²) in [7, 11) is 0. The van der Waals surface area contributed by atoms with Crippen LogP contribution in [0.4, 0.5) is 13.2 Å². The van der Waals surface area contributed by atoms with Crippen LogP contribution in [0.2, 0.25) is 0 Å². The number of carbonyl (C=O) groups is 1. The highest BCUT2D eigenvalue weighted by molar-refractivity contribution is 6.01. The molecule has 0 amide bonds. The number of rotatable bonds is 1. The summed E-state index contributed by atoms with van der Waals surface area (Å²) in [6, 6.07) is 1.68. The van der Waals surface area contributed by atoms with E-state index in [9.17, 15) is 18.0 Å². The second-order valence-electron chi connectivity index (χ2n) is 2.44. The molecule has 0 bridgehead atoms. The summed E-state index contributed by atoms with van der Waals surface area (Å²) in [4.78, 5) is 10.4. The van der Waals surface area contributed by atoms with Crippen LogP contribution >= 0.6 is 0 Å². The van der Waals surface area contributed by atoms with Crippen LogP contribution in [0.3, 0.4) is 0 Å². The number of ether oxygens (including phenoxy) is 1. The molecule has 0 N–H and O–H groups in total. The van der Waals surface area contributed by atoms with Crippen LogP contribution in [0, 0.1) is 23.6 Å². The third-order valence-corrected chi connectivity index (χ3v) is 1.62. The fourth-order valence-corrected chi connectivity index (χ4v) is 0.933. The Labute approximate surface area is 70.9 Å². The Kier molecular flexibility index (Phi) is 1.55. The van der Waals surface area contributed by atoms with Gasteiger partial charge in [0, 0.05) is 0 Å². The second-order valence-corrected chi connectivity index (χ2v) is 2.44. The van der Waals surface area contributed by atoms with E-state index in [0.717, 1.165) is 12.1 Å². The average Bonchev–Trinajstić information content (AvgIpc) is 2.79. The zero-order valence-electron chi connectivity index (χ0n) is 6.11. The fourth-order valence-electron chi connectivity index (χ4n) is 0.933. The summed E-state index contributed by atoms with van der Waals surface area (Å²) in [5.74, 6) is -5.02. The van der Waals surface area contributed by atoms with Gasteiger partial charge in [-0.3, -0.25) is 0 Å². The first-order valence-corrected chi connectivity index (χ1v) is 3.34. The molecule has 1 fully saturated rings. The largest absolute Gasteiger partial charge is 0.433 e. The van der Waals surface area contributed by atoms with Gasteiger partial charge in [-0.25, -0.2) is 18.0 Å². The number of benzene rings is 1. The van der Waals surface area contributed by atoms with Gasteiger partial charge in [-0.05, 0) is 12.1 Å². The Morgan fingerprint density at radius 2 is 1.69 bits per heavy atom. The molecule has 2 nitrogen and oxygen atoms in total. The molecule has 1 aliphatic heterocycles. The van der Waals surface area contributed by atoms with Crippen LogP contribution in [-0.2, 0) is 9.53 Å². The predicted molar refractivity (Wildman–Crippen MR) is 34.8 cm³/mol. The number of hydrogen-bond acceptors (Lipinski definition) is 2. The molecule has 0 unspecified atom stereocenters. The average molecular weight is 187 g/mol. The zero-order valence-corrected chi connectivity index (χ0v) is 6.11. The summed E-state index contributed by atoms with van der Waals surface area (Å²) in [5, 5.41) is 0. The first kappa shape index (κ1) is 8.10. The van der Waals surface area contributed by atoms with E-state index in [-0.39, 0.29) is 11.7 Å². The van der Waals surface area contributed by atoms with E-state index in [1.165, 1.54) is 0 Å². The van der Waals surface area contributed by atoms with Crippen molar-refractivity contribution < 1.29 is 22.7 Å². The standard InChI is InChI=1S/C8H2F3O2/c9-4-2-1-3(5(10)6(4)11)7-8(12)13-7/h1-2H. The molecule has 0 atom stereocenters. The molecule has 1 aromatic carbocycles. The normalized spacial score (nSPS) is 15.8. The molecule has 1 heterocycles. The molecule has 1 aromatic rings. The van der Waals surface area contributed by atoms with Gasteiger partial charge in [0.05, 0.1) is 5.56 Å². The monoisotopic (exact) mass is 187 g/mol. The zero-order chi connectivity index (χ0) is 9.59. The molecule has 5 heteroatoms. The molecule has 1 radical (unpaired) electrons. The SMILES string of the molecule is O=C1O[C]1c1ccc(F)c(F)c1F. The van der Waals surface area contributed by atoms with E-state index in [2.05, 4.69) is 4.74 Å². The molecule has 67 valence electrons. The minimum Gasteiger partial charge on any atom is -0.433 e. The molecule has 0 spiro atoms. The van der Waals surface area contributed by atoms with Crippen molar-refractivity contribution in [1.29, 1.82) is 0 Å². The highest BCUT2D eigenvalue weighted by Crippen LogP contribution is 2.33. The number of cyclic esters (lactones) is 1. The maximum absolute atomic E-state index is 12.9. The number of hydrogen-bond donors (Lipinski definition) is 0. The molecular formula is C8H2F3O2. The van der Waals surface area contributed by atoms with Gasteiger partial charge in [-0.2, -0.15) is 0 Å². The van der Waals surface area contributed by atoms with Crippen molar-refractivity contribution in [3.05, 3.63) is 41.3 Å². The molecular weight excluding hydrogens is 185 g/mol. The maximum Gasteiger partial charge on any atom is 0.362 e. The Morgan fingerprint density at radius 1 is 1.08 bits per heavy atom. The van der Waals surface area contributed by atoms with Gasteiger partial charge in [0.25, 0.3) is 6.10 Å². The predicted octanol–water partition coefficient (Wildman–Crippen LogP) is 1.54. The van der Waals surface area contributed by atoms with E-state index in [1.807, 2.05) is 0 Å². The van der Waals surface area contributed by atoms with E-state index < -0.39 is 23.4 Å². The van der Waals surface area contributed by atoms with Gasteiger partial charge >= 0.3 is 5.97 Å². The van der Waals surface area contributed by atoms with Crippen molar-refractivity contribution in [2.45, 2.75) is 0 Å². The van der Waals surface area contributed by atoms with E-state index in [0.29, 0.717) is 0 Å². The summed E-state index contributed by atoms with van der Waals surface area (Å²) < 4.78 is 42.1. The number of carbonyl (C=O) groups excluding carboxylic acids is 1. The van der Waals surface area contributed by atoms with E-state index >= 15 is 0 Å². The minimum absolute atomic E-state index is 0.267. The van der Waals surface area contributed by atoms with E-state index in [4.69, 9.17) is 0 Å². The van der Waals surface area contributed by atoms with Gasteiger partial charge in [0.15, 0.2) is 17.5 Å². The van der Waals surface area contributed by atoms with E-state index in [1.54, 1.807) is 0 Å². The lowest BCUT2D eigenvalue weighted by Crippen LogP contribution is -1.97. The van der Waals surface area contributed by atoms with Crippen LogP contribution < -0.4 is 0 Å². The van der Waals surface area contributed by atoms with Crippen molar-refractivity contribution in [2.24, 2.45) is 0 Å². The highest BCUT2D eigenvalue weighted by atomic mass is 19.2. The lowest BCUT2D eigenvalue weighted by atomic mass is 10.1. The van der Waals surface area contributed by atoms with Crippen molar-refractivity contribution in [3.8, 4) is 0 Å². The van der Waals surface area contributed by atoms with Crippen LogP contribution in [0.1, 0.15) is 5.56 Å². The smallest absolute Gasteiger partial charge is 0.362 e. The lowest BCUT2D eigenvalue weighted by Gasteiger charge is -1.97. The number of epoxide rings is 1. The first-order valence-electron chi connectivity index (χ1n) is 3.34. The second kappa shape index (κ2) is 2.48. The minimum atomic E-state index is -1.60. The maximum atomic E-state index is 12.9. The summed E-state index contributed by atoms with van der Waals surface area (Å²) in [5.41, 5.74) is -0.344. The van der Waals surface area contributed by atoms with Gasteiger partial charge in [-0.1, -0.05) is 0 Å². The van der Waals surface area contributed by atoms with Crippen molar-refractivity contribution in [3.63, 3.8) is 0 Å². The highest BCUT2D eigenvalue weighted by Gasteiger charge is 2.45. The molecule has 2 rings (SSSR count). The van der Waals surface area contributed by atoms with Crippen LogP contribution in [0.15, 0.2) is 12.1 Å². The molecule has 1 aliphatic rings. The molecule has 1 saturated heterocycles. The molecule has 0 saturated carbocycles. The summed E-state index contributed by atoms with van der Waals surface area (Å²) >= 11 is 0. The van der Waals surface area contributed by atoms with Crippen molar-refractivity contribution in [1.82, 2.24) is 0 Å². The van der Waals surface area contributed by atoms with Crippen LogP contribution in [0.25, 0.3) is 0 Å². The molecule has 0 aliphatic carbocycles. The van der Waals surface area contributed by atoms with Crippen LogP contribution in [0.5, 0.6) is 0 Å². The lowest BCUT2D eigenvalue weighted by molar-refractivity contribution is -0.117. The van der Waals surface area contributed by atoms with Crippen molar-refractivity contribution >= 4 is 5.97 Å². The van der Waals surface area contributed by atoms with Gasteiger partial charge in [-0.15, -0.1) is 0 Å². The Hall–Kier alpha value is -1.52. The van der Waals surface area contributed by atoms with Gasteiger partial charge in [0.2, 0.25) is 0 Å². The topological polar surface area (TPSA) is 29.6 Å². The summed E-state index contributed by atoms with van der Waals surface area (Å²) in [6.45, 7) is 0. The fraction of sp³-hybridized carbons (Fsp3) is 0. The van der Waals surface area contributed by atoms with Crippen molar-refractivity contribution in [2.75, 3.05) is 0 Å². The third-order valence-electron chi connectivity index (χ3n) is 1.62. The van der Waals surface area contributed by atoms with Gasteiger partial charge < -0.3 is 4.74 Å². The Balaban J connectivity index is 2.48.